The zero-order valence-electron chi connectivity index (χ0n) is 8.44. The molecule has 0 spiro atoms. The third-order valence-electron chi connectivity index (χ3n) is 2.00. The molecule has 0 aliphatic heterocycles. The summed E-state index contributed by atoms with van der Waals surface area (Å²) >= 11 is 6.12. The zero-order valence-corrected chi connectivity index (χ0v) is 9.20. The van der Waals surface area contributed by atoms with Crippen LogP contribution in [-0.2, 0) is 0 Å². The summed E-state index contributed by atoms with van der Waals surface area (Å²) in [4.78, 5) is 0. The molecule has 0 aromatic heterocycles. The fourth-order valence-corrected chi connectivity index (χ4v) is 1.31. The molecule has 0 aliphatic carbocycles. The smallest absolute Gasteiger partial charge is 0.159 e. The van der Waals surface area contributed by atoms with Crippen LogP contribution >= 0.6 is 11.6 Å². The van der Waals surface area contributed by atoms with E-state index in [1.807, 2.05) is 20.8 Å². The monoisotopic (exact) mass is 218 g/mol. The Kier molecular flexibility index (Phi) is 3.15. The molecule has 0 fully saturated rings. The molecule has 0 aliphatic rings. The van der Waals surface area contributed by atoms with Gasteiger partial charge in [0.2, 0.25) is 0 Å². The molecule has 0 saturated heterocycles. The Morgan fingerprint density at radius 1 is 1.14 bits per heavy atom. The summed E-state index contributed by atoms with van der Waals surface area (Å²) in [5, 5.41) is -0.322. The highest BCUT2D eigenvalue weighted by atomic mass is 35.5. The Bertz CT molecular complexity index is 329. The van der Waals surface area contributed by atoms with Crippen LogP contribution in [-0.4, -0.2) is 0 Å². The average Bonchev–Trinajstić information content (AvgIpc) is 2.07. The van der Waals surface area contributed by atoms with E-state index < -0.39 is 11.6 Å². The van der Waals surface area contributed by atoms with Crippen LogP contribution in [0.1, 0.15) is 31.7 Å². The molecule has 1 aromatic rings. The molecular weight excluding hydrogens is 206 g/mol. The van der Waals surface area contributed by atoms with Crippen molar-refractivity contribution in [3.05, 3.63) is 35.4 Å². The quantitative estimate of drug-likeness (QED) is 0.617. The van der Waals surface area contributed by atoms with Gasteiger partial charge in [0.05, 0.1) is 5.38 Å². The number of hydrogen-bond acceptors (Lipinski definition) is 0. The number of alkyl halides is 1. The number of benzene rings is 1. The van der Waals surface area contributed by atoms with E-state index in [4.69, 9.17) is 11.6 Å². The van der Waals surface area contributed by atoms with Crippen molar-refractivity contribution >= 4 is 11.6 Å². The Hall–Kier alpha value is -0.630. The Morgan fingerprint density at radius 2 is 1.71 bits per heavy atom. The first kappa shape index (κ1) is 11.4. The lowest BCUT2D eigenvalue weighted by Gasteiger charge is -2.25. The molecule has 0 bridgehead atoms. The molecule has 1 rings (SSSR count). The van der Waals surface area contributed by atoms with Crippen LogP contribution in [0, 0.1) is 17.0 Å². The van der Waals surface area contributed by atoms with Gasteiger partial charge in [-0.05, 0) is 23.1 Å². The third kappa shape index (κ3) is 2.44. The molecule has 0 nitrogen and oxygen atoms in total. The second-order valence-corrected chi connectivity index (χ2v) is 4.84. The summed E-state index contributed by atoms with van der Waals surface area (Å²) < 4.78 is 25.5. The summed E-state index contributed by atoms with van der Waals surface area (Å²) in [6.07, 6.45) is 0. The Balaban J connectivity index is 3.03. The van der Waals surface area contributed by atoms with E-state index in [2.05, 4.69) is 0 Å². The fourth-order valence-electron chi connectivity index (χ4n) is 1.17. The minimum atomic E-state index is -0.850. The molecule has 0 heterocycles. The van der Waals surface area contributed by atoms with Crippen molar-refractivity contribution in [1.82, 2.24) is 0 Å². The maximum atomic E-state index is 12.9. The first-order valence-electron chi connectivity index (χ1n) is 4.41. The highest BCUT2D eigenvalue weighted by Gasteiger charge is 2.24. The third-order valence-corrected chi connectivity index (χ3v) is 2.90. The van der Waals surface area contributed by atoms with Crippen LogP contribution in [0.25, 0.3) is 0 Å². The number of hydrogen-bond donors (Lipinski definition) is 0. The number of rotatable bonds is 1. The number of halogens is 3. The van der Waals surface area contributed by atoms with Gasteiger partial charge in [-0.15, -0.1) is 11.6 Å². The Labute approximate surface area is 87.9 Å². The van der Waals surface area contributed by atoms with Crippen molar-refractivity contribution in [3.8, 4) is 0 Å². The van der Waals surface area contributed by atoms with Gasteiger partial charge in [0.15, 0.2) is 11.6 Å². The standard InChI is InChI=1S/C11H13ClF2/c1-11(2,3)10(12)7-4-5-8(13)9(14)6-7/h4-6,10H,1-3H3. The summed E-state index contributed by atoms with van der Waals surface area (Å²) in [5.41, 5.74) is 0.435. The van der Waals surface area contributed by atoms with Crippen LogP contribution < -0.4 is 0 Å². The largest absolute Gasteiger partial charge is 0.204 e. The van der Waals surface area contributed by atoms with E-state index >= 15 is 0 Å². The van der Waals surface area contributed by atoms with Gasteiger partial charge in [-0.25, -0.2) is 8.78 Å². The lowest BCUT2D eigenvalue weighted by Crippen LogP contribution is -2.13. The van der Waals surface area contributed by atoms with Crippen LogP contribution in [0.5, 0.6) is 0 Å². The highest BCUT2D eigenvalue weighted by Crippen LogP contribution is 2.38. The van der Waals surface area contributed by atoms with Gasteiger partial charge in [-0.1, -0.05) is 26.8 Å². The normalized spacial score (nSPS) is 14.1. The zero-order chi connectivity index (χ0) is 10.9. The van der Waals surface area contributed by atoms with Gasteiger partial charge in [0.1, 0.15) is 0 Å². The fraction of sp³-hybridized carbons (Fsp3) is 0.455. The van der Waals surface area contributed by atoms with E-state index in [1.54, 1.807) is 0 Å². The Morgan fingerprint density at radius 3 is 2.14 bits per heavy atom. The summed E-state index contributed by atoms with van der Waals surface area (Å²) in [5.74, 6) is -1.69. The van der Waals surface area contributed by atoms with Crippen molar-refractivity contribution in [1.29, 1.82) is 0 Å². The predicted molar refractivity (Wildman–Crippen MR) is 54.4 cm³/mol. The molecule has 0 radical (unpaired) electrons. The van der Waals surface area contributed by atoms with E-state index in [9.17, 15) is 8.78 Å². The minimum Gasteiger partial charge on any atom is -0.204 e. The van der Waals surface area contributed by atoms with Crippen molar-refractivity contribution in [2.24, 2.45) is 5.41 Å². The topological polar surface area (TPSA) is 0 Å². The second-order valence-electron chi connectivity index (χ2n) is 4.40. The highest BCUT2D eigenvalue weighted by molar-refractivity contribution is 6.21. The molecular formula is C11H13ClF2. The van der Waals surface area contributed by atoms with Gasteiger partial charge in [0, 0.05) is 0 Å². The van der Waals surface area contributed by atoms with Crippen LogP contribution in [0.3, 0.4) is 0 Å². The first-order chi connectivity index (χ1) is 6.32. The van der Waals surface area contributed by atoms with Crippen LogP contribution in [0.4, 0.5) is 8.78 Å². The lowest BCUT2D eigenvalue weighted by molar-refractivity contribution is 0.393. The molecule has 3 heteroatoms. The van der Waals surface area contributed by atoms with E-state index in [1.165, 1.54) is 6.07 Å². The molecule has 14 heavy (non-hydrogen) atoms. The van der Waals surface area contributed by atoms with E-state index in [0.29, 0.717) is 5.56 Å². The molecule has 78 valence electrons. The predicted octanol–water partition coefficient (Wildman–Crippen LogP) is 4.29. The molecule has 0 saturated carbocycles. The van der Waals surface area contributed by atoms with Crippen molar-refractivity contribution in [2.45, 2.75) is 26.1 Å². The summed E-state index contributed by atoms with van der Waals surface area (Å²) in [7, 11) is 0. The first-order valence-corrected chi connectivity index (χ1v) is 4.85. The molecule has 1 unspecified atom stereocenters. The molecule has 0 N–H and O–H groups in total. The lowest BCUT2D eigenvalue weighted by atomic mass is 9.87. The molecule has 1 atom stereocenters. The van der Waals surface area contributed by atoms with Gasteiger partial charge < -0.3 is 0 Å². The van der Waals surface area contributed by atoms with Crippen molar-refractivity contribution < 1.29 is 8.78 Å². The minimum absolute atomic E-state index is 0.175. The molecule has 0 amide bonds. The van der Waals surface area contributed by atoms with Crippen LogP contribution in [0.2, 0.25) is 0 Å². The van der Waals surface area contributed by atoms with Gasteiger partial charge in [0.25, 0.3) is 0 Å². The van der Waals surface area contributed by atoms with Crippen LogP contribution in [0.15, 0.2) is 18.2 Å². The second kappa shape index (κ2) is 3.85. The van der Waals surface area contributed by atoms with Gasteiger partial charge >= 0.3 is 0 Å². The SMILES string of the molecule is CC(C)(C)C(Cl)c1ccc(F)c(F)c1. The van der Waals surface area contributed by atoms with E-state index in [0.717, 1.165) is 12.1 Å². The van der Waals surface area contributed by atoms with Gasteiger partial charge in [-0.3, -0.25) is 0 Å². The van der Waals surface area contributed by atoms with E-state index in [-0.39, 0.29) is 10.8 Å². The maximum absolute atomic E-state index is 12.9. The maximum Gasteiger partial charge on any atom is 0.159 e. The molecule has 1 aromatic carbocycles. The van der Waals surface area contributed by atoms with Gasteiger partial charge in [-0.2, -0.15) is 0 Å². The van der Waals surface area contributed by atoms with Crippen molar-refractivity contribution in [3.63, 3.8) is 0 Å². The summed E-state index contributed by atoms with van der Waals surface area (Å²) in [6, 6.07) is 3.77. The summed E-state index contributed by atoms with van der Waals surface area (Å²) in [6.45, 7) is 5.85. The van der Waals surface area contributed by atoms with Crippen molar-refractivity contribution in [2.75, 3.05) is 0 Å². The average molecular weight is 219 g/mol.